The summed E-state index contributed by atoms with van der Waals surface area (Å²) in [5.74, 6) is 1.88. The second-order valence-electron chi connectivity index (χ2n) is 6.75. The molecule has 1 aliphatic heterocycles. The van der Waals surface area contributed by atoms with Crippen molar-refractivity contribution in [2.75, 3.05) is 13.2 Å². The Morgan fingerprint density at radius 2 is 1.86 bits per heavy atom. The number of nitrogens with one attached hydrogen (secondary N) is 2. The molecule has 0 unspecified atom stereocenters. The van der Waals surface area contributed by atoms with Crippen LogP contribution in [0.4, 0.5) is 0 Å². The number of hydrogen-bond donors (Lipinski definition) is 2. The van der Waals surface area contributed by atoms with Crippen LogP contribution in [0.1, 0.15) is 61.9 Å². The normalized spacial score (nSPS) is 30.1. The molecule has 0 amide bonds. The Morgan fingerprint density at radius 1 is 1.10 bits per heavy atom. The lowest BCUT2D eigenvalue weighted by Gasteiger charge is -2.39. The molecule has 2 heterocycles. The third-order valence-electron chi connectivity index (χ3n) is 4.99. The third kappa shape index (κ3) is 3.04. The number of rotatable bonds is 4. The number of aromatic amines is 1. The summed E-state index contributed by atoms with van der Waals surface area (Å²) in [7, 11) is 0. The second kappa shape index (κ2) is 5.54. The summed E-state index contributed by atoms with van der Waals surface area (Å²) in [6, 6.07) is 2.89. The standard InChI is InChI=1S/C16H23N3O2/c20-15-9-14(18-16(19-15)10-1-2-10)11-7-13(8-11)17-12-3-5-21-6-4-12/h9-13,17H,1-8H2,(H,18,19,20). The van der Waals surface area contributed by atoms with E-state index in [4.69, 9.17) is 9.72 Å². The highest BCUT2D eigenvalue weighted by atomic mass is 16.5. The molecule has 1 aromatic rings. The lowest BCUT2D eigenvalue weighted by molar-refractivity contribution is 0.0696. The van der Waals surface area contributed by atoms with E-state index in [-0.39, 0.29) is 5.56 Å². The Labute approximate surface area is 124 Å². The minimum atomic E-state index is 0.0164. The first kappa shape index (κ1) is 13.5. The summed E-state index contributed by atoms with van der Waals surface area (Å²) in [6.07, 6.45) is 6.80. The Bertz CT molecular complexity index is 555. The third-order valence-corrected chi connectivity index (χ3v) is 4.99. The molecule has 114 valence electrons. The van der Waals surface area contributed by atoms with E-state index in [1.165, 1.54) is 12.8 Å². The van der Waals surface area contributed by atoms with E-state index < -0.39 is 0 Å². The molecule has 0 spiro atoms. The summed E-state index contributed by atoms with van der Waals surface area (Å²) < 4.78 is 5.39. The van der Waals surface area contributed by atoms with Gasteiger partial charge in [0.1, 0.15) is 5.82 Å². The molecule has 3 aliphatic rings. The average Bonchev–Trinajstić information content (AvgIpc) is 3.27. The minimum absolute atomic E-state index is 0.0164. The van der Waals surface area contributed by atoms with Gasteiger partial charge >= 0.3 is 0 Å². The van der Waals surface area contributed by atoms with Gasteiger partial charge in [-0.2, -0.15) is 0 Å². The fraction of sp³-hybridized carbons (Fsp3) is 0.750. The predicted molar refractivity (Wildman–Crippen MR) is 79.6 cm³/mol. The van der Waals surface area contributed by atoms with Crippen LogP contribution in [-0.2, 0) is 4.74 Å². The maximum atomic E-state index is 11.8. The van der Waals surface area contributed by atoms with E-state index in [9.17, 15) is 4.79 Å². The fourth-order valence-corrected chi connectivity index (χ4v) is 3.45. The maximum absolute atomic E-state index is 11.8. The summed E-state index contributed by atoms with van der Waals surface area (Å²) in [5, 5.41) is 3.73. The van der Waals surface area contributed by atoms with Crippen LogP contribution in [0.5, 0.6) is 0 Å². The van der Waals surface area contributed by atoms with Crippen molar-refractivity contribution in [2.24, 2.45) is 0 Å². The largest absolute Gasteiger partial charge is 0.381 e. The van der Waals surface area contributed by atoms with Gasteiger partial charge in [0.05, 0.1) is 5.69 Å². The number of aromatic nitrogens is 2. The van der Waals surface area contributed by atoms with Crippen molar-refractivity contribution in [1.82, 2.24) is 15.3 Å². The monoisotopic (exact) mass is 289 g/mol. The van der Waals surface area contributed by atoms with Crippen molar-refractivity contribution in [3.8, 4) is 0 Å². The molecule has 3 fully saturated rings. The molecule has 0 radical (unpaired) electrons. The lowest BCUT2D eigenvalue weighted by atomic mass is 9.77. The van der Waals surface area contributed by atoms with Crippen molar-refractivity contribution in [1.29, 1.82) is 0 Å². The highest BCUT2D eigenvalue weighted by Gasteiger charge is 2.34. The van der Waals surface area contributed by atoms with Crippen molar-refractivity contribution in [3.05, 3.63) is 27.9 Å². The zero-order valence-electron chi connectivity index (χ0n) is 12.3. The molecule has 5 nitrogen and oxygen atoms in total. The van der Waals surface area contributed by atoms with Gasteiger partial charge in [-0.05, 0) is 38.5 Å². The van der Waals surface area contributed by atoms with Crippen molar-refractivity contribution >= 4 is 0 Å². The highest BCUT2D eigenvalue weighted by Crippen LogP contribution is 2.40. The summed E-state index contributed by atoms with van der Waals surface area (Å²) >= 11 is 0. The molecule has 2 aliphatic carbocycles. The van der Waals surface area contributed by atoms with Gasteiger partial charge in [0.25, 0.3) is 5.56 Å². The fourth-order valence-electron chi connectivity index (χ4n) is 3.45. The van der Waals surface area contributed by atoms with Crippen LogP contribution < -0.4 is 10.9 Å². The van der Waals surface area contributed by atoms with Gasteiger partial charge in [-0.25, -0.2) is 4.98 Å². The second-order valence-corrected chi connectivity index (χ2v) is 6.75. The molecule has 2 N–H and O–H groups in total. The first-order valence-corrected chi connectivity index (χ1v) is 8.23. The van der Waals surface area contributed by atoms with Gasteiger partial charge in [0, 0.05) is 43.2 Å². The van der Waals surface area contributed by atoms with E-state index in [0.29, 0.717) is 23.9 Å². The van der Waals surface area contributed by atoms with E-state index >= 15 is 0 Å². The lowest BCUT2D eigenvalue weighted by Crippen LogP contribution is -2.47. The Morgan fingerprint density at radius 3 is 2.57 bits per heavy atom. The van der Waals surface area contributed by atoms with Crippen LogP contribution >= 0.6 is 0 Å². The van der Waals surface area contributed by atoms with Crippen LogP contribution in [0.3, 0.4) is 0 Å². The summed E-state index contributed by atoms with van der Waals surface area (Å²) in [4.78, 5) is 19.4. The quantitative estimate of drug-likeness (QED) is 0.884. The van der Waals surface area contributed by atoms with Gasteiger partial charge in [0.15, 0.2) is 0 Å². The van der Waals surface area contributed by atoms with Crippen LogP contribution in [0.15, 0.2) is 10.9 Å². The number of nitrogens with zero attached hydrogens (tertiary/aromatic N) is 1. The van der Waals surface area contributed by atoms with Crippen molar-refractivity contribution in [2.45, 2.75) is 62.4 Å². The molecule has 0 aromatic carbocycles. The van der Waals surface area contributed by atoms with Crippen molar-refractivity contribution < 1.29 is 4.74 Å². The van der Waals surface area contributed by atoms with Crippen LogP contribution in [0.2, 0.25) is 0 Å². The van der Waals surface area contributed by atoms with E-state index in [1.807, 2.05) is 0 Å². The molecule has 4 rings (SSSR count). The maximum Gasteiger partial charge on any atom is 0.251 e. The van der Waals surface area contributed by atoms with Gasteiger partial charge in [0.2, 0.25) is 0 Å². The van der Waals surface area contributed by atoms with Crippen LogP contribution in [0.25, 0.3) is 0 Å². The average molecular weight is 289 g/mol. The smallest absolute Gasteiger partial charge is 0.251 e. The zero-order chi connectivity index (χ0) is 14.2. The van der Waals surface area contributed by atoms with E-state index in [2.05, 4.69) is 10.3 Å². The van der Waals surface area contributed by atoms with E-state index in [0.717, 1.165) is 50.4 Å². The number of hydrogen-bond acceptors (Lipinski definition) is 4. The first-order valence-electron chi connectivity index (χ1n) is 8.23. The van der Waals surface area contributed by atoms with E-state index in [1.54, 1.807) is 6.07 Å². The molecule has 21 heavy (non-hydrogen) atoms. The number of H-pyrrole nitrogens is 1. The molecule has 0 bridgehead atoms. The van der Waals surface area contributed by atoms with Crippen LogP contribution in [0, 0.1) is 0 Å². The summed E-state index contributed by atoms with van der Waals surface area (Å²) in [6.45, 7) is 1.77. The molecule has 2 saturated carbocycles. The molecule has 1 aromatic heterocycles. The van der Waals surface area contributed by atoms with Gasteiger partial charge in [-0.15, -0.1) is 0 Å². The zero-order valence-corrected chi connectivity index (χ0v) is 12.3. The molecule has 1 saturated heterocycles. The van der Waals surface area contributed by atoms with Gasteiger partial charge in [-0.1, -0.05) is 0 Å². The first-order chi connectivity index (χ1) is 10.3. The minimum Gasteiger partial charge on any atom is -0.381 e. The number of ether oxygens (including phenoxy) is 1. The molecule has 5 heteroatoms. The summed E-state index contributed by atoms with van der Waals surface area (Å²) in [5.41, 5.74) is 1.02. The Hall–Kier alpha value is -1.20. The van der Waals surface area contributed by atoms with Crippen molar-refractivity contribution in [3.63, 3.8) is 0 Å². The van der Waals surface area contributed by atoms with Gasteiger partial charge in [-0.3, -0.25) is 4.79 Å². The van der Waals surface area contributed by atoms with Gasteiger partial charge < -0.3 is 15.0 Å². The Balaban J connectivity index is 1.35. The predicted octanol–water partition coefficient (Wildman–Crippen LogP) is 1.66. The molecular weight excluding hydrogens is 266 g/mol. The molecule has 0 atom stereocenters. The topological polar surface area (TPSA) is 67.0 Å². The SMILES string of the molecule is O=c1cc(C2CC(NC3CCOCC3)C2)nc(C2CC2)[nH]1. The highest BCUT2D eigenvalue weighted by molar-refractivity contribution is 5.17. The molecular formula is C16H23N3O2. The van der Waals surface area contributed by atoms with Crippen LogP contribution in [-0.4, -0.2) is 35.3 Å². The Kier molecular flexibility index (Phi) is 3.55.